The van der Waals surface area contributed by atoms with Crippen molar-refractivity contribution in [3.05, 3.63) is 88.7 Å². The second-order valence-electron chi connectivity index (χ2n) is 10.7. The monoisotopic (exact) mass is 504 g/mol. The van der Waals surface area contributed by atoms with E-state index in [9.17, 15) is 13.6 Å². The van der Waals surface area contributed by atoms with Gasteiger partial charge in [0.05, 0.1) is 17.3 Å². The second-order valence-corrected chi connectivity index (χ2v) is 10.7. The van der Waals surface area contributed by atoms with Crippen LogP contribution in [0.1, 0.15) is 85.6 Å². The minimum absolute atomic E-state index is 0.265. The van der Waals surface area contributed by atoms with Gasteiger partial charge < -0.3 is 10.2 Å². The Bertz CT molecular complexity index is 1240. The molecule has 0 radical (unpaired) electrons. The van der Waals surface area contributed by atoms with Gasteiger partial charge in [-0.2, -0.15) is 0 Å². The Morgan fingerprint density at radius 3 is 2.32 bits per heavy atom. The van der Waals surface area contributed by atoms with E-state index in [4.69, 9.17) is 4.98 Å². The zero-order valence-corrected chi connectivity index (χ0v) is 21.5. The van der Waals surface area contributed by atoms with Crippen LogP contribution in [0.2, 0.25) is 0 Å². The number of rotatable bonds is 6. The van der Waals surface area contributed by atoms with Crippen molar-refractivity contribution < 1.29 is 13.6 Å². The summed E-state index contributed by atoms with van der Waals surface area (Å²) in [6, 6.07) is 12.4. The Morgan fingerprint density at radius 2 is 1.68 bits per heavy atom. The largest absolute Gasteiger partial charge is 0.345 e. The molecule has 1 amide bonds. The van der Waals surface area contributed by atoms with Crippen LogP contribution in [0.5, 0.6) is 0 Å². The third-order valence-corrected chi connectivity index (χ3v) is 7.99. The molecule has 37 heavy (non-hydrogen) atoms. The minimum Gasteiger partial charge on any atom is -0.345 e. The van der Waals surface area contributed by atoms with Crippen LogP contribution in [0.25, 0.3) is 0 Å². The minimum atomic E-state index is -0.488. The summed E-state index contributed by atoms with van der Waals surface area (Å²) >= 11 is 0. The highest BCUT2D eigenvalue weighted by atomic mass is 19.1. The number of piperidine rings is 1. The van der Waals surface area contributed by atoms with Crippen molar-refractivity contribution >= 4 is 11.9 Å². The van der Waals surface area contributed by atoms with Gasteiger partial charge in [-0.3, -0.25) is 4.79 Å². The van der Waals surface area contributed by atoms with Crippen molar-refractivity contribution in [2.45, 2.75) is 63.8 Å². The smallest absolute Gasteiger partial charge is 0.255 e. The molecular weight excluding hydrogens is 470 g/mol. The van der Waals surface area contributed by atoms with Crippen LogP contribution in [0.15, 0.2) is 54.7 Å². The first-order chi connectivity index (χ1) is 17.9. The van der Waals surface area contributed by atoms with Crippen LogP contribution in [0.3, 0.4) is 0 Å². The lowest BCUT2D eigenvalue weighted by Gasteiger charge is -2.34. The van der Waals surface area contributed by atoms with Crippen molar-refractivity contribution in [3.63, 3.8) is 0 Å². The van der Waals surface area contributed by atoms with Crippen molar-refractivity contribution in [2.75, 3.05) is 18.0 Å². The van der Waals surface area contributed by atoms with Crippen molar-refractivity contribution in [1.82, 2.24) is 15.3 Å². The Morgan fingerprint density at radius 1 is 1.03 bits per heavy atom. The zero-order valence-electron chi connectivity index (χ0n) is 21.5. The molecule has 2 atom stereocenters. The quantitative estimate of drug-likeness (QED) is 0.425. The number of aromatic nitrogens is 2. The summed E-state index contributed by atoms with van der Waals surface area (Å²) in [5.74, 6) is 0.339. The van der Waals surface area contributed by atoms with Gasteiger partial charge in [0, 0.05) is 24.7 Å². The van der Waals surface area contributed by atoms with Gasteiger partial charge in [0.15, 0.2) is 0 Å². The molecule has 7 heteroatoms. The van der Waals surface area contributed by atoms with Gasteiger partial charge in [-0.05, 0) is 73.9 Å². The summed E-state index contributed by atoms with van der Waals surface area (Å²) in [4.78, 5) is 25.7. The second kappa shape index (κ2) is 10.6. The maximum absolute atomic E-state index is 13.9. The maximum Gasteiger partial charge on any atom is 0.255 e. The number of hydrogen-bond donors (Lipinski definition) is 1. The molecule has 0 spiro atoms. The molecule has 1 aliphatic carbocycles. The lowest BCUT2D eigenvalue weighted by molar-refractivity contribution is 0.0936. The number of nitrogens with zero attached hydrogens (tertiary/aromatic N) is 3. The van der Waals surface area contributed by atoms with Crippen LogP contribution < -0.4 is 10.2 Å². The number of carbonyl (C=O) groups excluding carboxylic acids is 1. The molecule has 2 unspecified atom stereocenters. The number of hydrogen-bond acceptors (Lipinski definition) is 4. The number of benzene rings is 2. The summed E-state index contributed by atoms with van der Waals surface area (Å²) in [5.41, 5.74) is 2.45. The Balaban J connectivity index is 1.56. The highest BCUT2D eigenvalue weighted by Gasteiger charge is 2.42. The van der Waals surface area contributed by atoms with Crippen LogP contribution in [0.4, 0.5) is 14.7 Å². The van der Waals surface area contributed by atoms with Gasteiger partial charge in [0.25, 0.3) is 5.91 Å². The Kier molecular flexibility index (Phi) is 7.22. The average Bonchev–Trinajstić information content (AvgIpc) is 3.40. The number of anilines is 1. The number of halogens is 2. The molecule has 1 saturated heterocycles. The van der Waals surface area contributed by atoms with Crippen LogP contribution in [-0.2, 0) is 5.41 Å². The van der Waals surface area contributed by atoms with E-state index in [-0.39, 0.29) is 23.6 Å². The molecule has 1 aliphatic heterocycles. The molecule has 194 valence electrons. The van der Waals surface area contributed by atoms with Crippen LogP contribution in [-0.4, -0.2) is 29.0 Å². The lowest BCUT2D eigenvalue weighted by Crippen LogP contribution is -2.38. The zero-order chi connectivity index (χ0) is 26.0. The number of carbonyl (C=O) groups is 1. The third kappa shape index (κ3) is 5.22. The van der Waals surface area contributed by atoms with Crippen LogP contribution in [0, 0.1) is 17.6 Å². The molecule has 2 fully saturated rings. The summed E-state index contributed by atoms with van der Waals surface area (Å²) in [5, 5.41) is 3.06. The fraction of sp³-hybridized carbons (Fsp3) is 0.433. The molecular formula is C30H34F2N4O. The normalized spacial score (nSPS) is 20.0. The molecule has 3 aromatic rings. The van der Waals surface area contributed by atoms with E-state index in [0.717, 1.165) is 56.3 Å². The molecule has 2 aliphatic rings. The van der Waals surface area contributed by atoms with Gasteiger partial charge >= 0.3 is 0 Å². The van der Waals surface area contributed by atoms with E-state index >= 15 is 0 Å². The topological polar surface area (TPSA) is 58.1 Å². The molecule has 5 rings (SSSR count). The molecule has 2 heterocycles. The summed E-state index contributed by atoms with van der Waals surface area (Å²) in [6.07, 6.45) is 7.60. The van der Waals surface area contributed by atoms with Crippen molar-refractivity contribution in [1.29, 1.82) is 0 Å². The van der Waals surface area contributed by atoms with Gasteiger partial charge in [-0.1, -0.05) is 44.0 Å². The van der Waals surface area contributed by atoms with Crippen molar-refractivity contribution in [2.24, 2.45) is 5.92 Å². The standard InChI is InChI=1S/C30H34F2N4O/c1-20-6-5-17-36(19-20)29-33-18-26(28(37)34-21(2)22-7-11-24(31)12-8-22)27(35-29)30(15-3-4-16-30)23-9-13-25(32)14-10-23/h7-14,18,20-21H,3-6,15-17,19H2,1-2H3,(H,34,37). The van der Waals surface area contributed by atoms with E-state index < -0.39 is 5.41 Å². The molecule has 0 bridgehead atoms. The summed E-state index contributed by atoms with van der Waals surface area (Å²) in [6.45, 7) is 5.89. The fourth-order valence-corrected chi connectivity index (χ4v) is 5.95. The lowest BCUT2D eigenvalue weighted by atomic mass is 9.74. The highest BCUT2D eigenvalue weighted by molar-refractivity contribution is 5.96. The van der Waals surface area contributed by atoms with E-state index in [1.807, 2.05) is 19.1 Å². The number of amides is 1. The van der Waals surface area contributed by atoms with E-state index in [0.29, 0.717) is 23.1 Å². The summed E-state index contributed by atoms with van der Waals surface area (Å²) < 4.78 is 27.3. The fourth-order valence-electron chi connectivity index (χ4n) is 5.95. The van der Waals surface area contributed by atoms with Crippen molar-refractivity contribution in [3.8, 4) is 0 Å². The van der Waals surface area contributed by atoms with Crippen LogP contribution >= 0.6 is 0 Å². The Labute approximate surface area is 217 Å². The molecule has 5 nitrogen and oxygen atoms in total. The Hall–Kier alpha value is -3.35. The first-order valence-corrected chi connectivity index (χ1v) is 13.3. The predicted octanol–water partition coefficient (Wildman–Crippen LogP) is 6.34. The maximum atomic E-state index is 13.9. The van der Waals surface area contributed by atoms with Gasteiger partial charge in [-0.15, -0.1) is 0 Å². The molecule has 2 aromatic carbocycles. The van der Waals surface area contributed by atoms with Gasteiger partial charge in [-0.25, -0.2) is 18.7 Å². The predicted molar refractivity (Wildman–Crippen MR) is 141 cm³/mol. The van der Waals surface area contributed by atoms with Gasteiger partial charge in [0.2, 0.25) is 5.95 Å². The van der Waals surface area contributed by atoms with Gasteiger partial charge in [0.1, 0.15) is 11.6 Å². The van der Waals surface area contributed by atoms with E-state index in [1.54, 1.807) is 18.3 Å². The SMILES string of the molecule is CC1CCCN(c2ncc(C(=O)NC(C)c3ccc(F)cc3)c(C3(c4ccc(F)cc4)CCCC3)n2)C1. The first-order valence-electron chi connectivity index (χ1n) is 13.3. The number of nitrogens with one attached hydrogen (secondary N) is 1. The first kappa shape index (κ1) is 25.3. The summed E-state index contributed by atoms with van der Waals surface area (Å²) in [7, 11) is 0. The molecule has 1 aromatic heterocycles. The highest BCUT2D eigenvalue weighted by Crippen LogP contribution is 2.47. The van der Waals surface area contributed by atoms with E-state index in [1.165, 1.54) is 30.7 Å². The molecule has 1 saturated carbocycles. The average molecular weight is 505 g/mol. The molecule has 1 N–H and O–H groups in total. The van der Waals surface area contributed by atoms with E-state index in [2.05, 4.69) is 22.1 Å². The third-order valence-electron chi connectivity index (χ3n) is 7.99.